The molecule has 2 aromatic carbocycles. The molecule has 0 saturated carbocycles. The monoisotopic (exact) mass is 196 g/mol. The van der Waals surface area contributed by atoms with Gasteiger partial charge >= 0.3 is 0 Å². The summed E-state index contributed by atoms with van der Waals surface area (Å²) in [6.07, 6.45) is 0.881. The van der Waals surface area contributed by atoms with Gasteiger partial charge < -0.3 is 0 Å². The highest BCUT2D eigenvalue weighted by Crippen LogP contribution is 2.38. The quantitative estimate of drug-likeness (QED) is 0.685. The van der Waals surface area contributed by atoms with Gasteiger partial charge in [0, 0.05) is 5.92 Å². The summed E-state index contributed by atoms with van der Waals surface area (Å²) in [4.78, 5) is 11.6. The van der Waals surface area contributed by atoms with Gasteiger partial charge in [0.2, 0.25) is 0 Å². The summed E-state index contributed by atoms with van der Waals surface area (Å²) >= 11 is 0. The van der Waals surface area contributed by atoms with Crippen LogP contribution >= 0.6 is 0 Å². The third kappa shape index (κ3) is 1.13. The number of hydrogen-bond acceptors (Lipinski definition) is 1. The minimum Gasteiger partial charge on any atom is -0.299 e. The van der Waals surface area contributed by atoms with Crippen molar-refractivity contribution < 1.29 is 4.79 Å². The molecule has 1 aliphatic rings. The first-order valence-corrected chi connectivity index (χ1v) is 5.28. The van der Waals surface area contributed by atoms with Crippen molar-refractivity contribution in [3.05, 3.63) is 47.5 Å². The fourth-order valence-corrected chi connectivity index (χ4v) is 2.60. The molecule has 0 aliphatic heterocycles. The molecule has 1 atom stereocenters. The van der Waals surface area contributed by atoms with Gasteiger partial charge in [0.25, 0.3) is 0 Å². The number of hydrogen-bond donors (Lipinski definition) is 0. The minimum atomic E-state index is 0.0890. The molecule has 0 bridgehead atoms. The lowest BCUT2D eigenvalue weighted by molar-refractivity contribution is -0.118. The van der Waals surface area contributed by atoms with Crippen LogP contribution in [0.3, 0.4) is 0 Å². The first-order valence-electron chi connectivity index (χ1n) is 5.28. The fourth-order valence-electron chi connectivity index (χ4n) is 2.60. The van der Waals surface area contributed by atoms with Crippen LogP contribution in [0.15, 0.2) is 36.4 Å². The largest absolute Gasteiger partial charge is 0.299 e. The fraction of sp³-hybridized carbons (Fsp3) is 0.214. The van der Waals surface area contributed by atoms with Crippen molar-refractivity contribution in [3.63, 3.8) is 0 Å². The van der Waals surface area contributed by atoms with E-state index in [0.717, 1.165) is 6.42 Å². The number of ketones is 1. The lowest BCUT2D eigenvalue weighted by Gasteiger charge is -2.06. The molecular weight excluding hydrogens is 184 g/mol. The average Bonchev–Trinajstić information content (AvgIpc) is 2.61. The van der Waals surface area contributed by atoms with Gasteiger partial charge in [-0.1, -0.05) is 36.4 Å². The maximum atomic E-state index is 11.6. The van der Waals surface area contributed by atoms with Crippen molar-refractivity contribution in [1.82, 2.24) is 0 Å². The Bertz CT molecular complexity index is 549. The van der Waals surface area contributed by atoms with Gasteiger partial charge in [-0.3, -0.25) is 4.79 Å². The van der Waals surface area contributed by atoms with Crippen LogP contribution in [0, 0.1) is 0 Å². The molecule has 0 saturated heterocycles. The Morgan fingerprint density at radius 1 is 1.20 bits per heavy atom. The Hall–Kier alpha value is -1.63. The zero-order valence-electron chi connectivity index (χ0n) is 8.66. The molecule has 1 unspecified atom stereocenters. The van der Waals surface area contributed by atoms with Crippen LogP contribution < -0.4 is 0 Å². The lowest BCUT2D eigenvalue weighted by Crippen LogP contribution is -2.06. The molecule has 3 rings (SSSR count). The smallest absolute Gasteiger partial charge is 0.137 e. The number of carbonyl (C=O) groups is 1. The molecule has 0 amide bonds. The van der Waals surface area contributed by atoms with E-state index in [1.165, 1.54) is 21.9 Å². The summed E-state index contributed by atoms with van der Waals surface area (Å²) in [5, 5.41) is 2.56. The van der Waals surface area contributed by atoms with Gasteiger partial charge in [0.05, 0.1) is 0 Å². The van der Waals surface area contributed by atoms with Crippen molar-refractivity contribution in [2.24, 2.45) is 0 Å². The summed E-state index contributed by atoms with van der Waals surface area (Å²) in [7, 11) is 0. The summed E-state index contributed by atoms with van der Waals surface area (Å²) in [5.41, 5.74) is 2.54. The van der Waals surface area contributed by atoms with Crippen molar-refractivity contribution in [2.45, 2.75) is 19.3 Å². The molecule has 0 fully saturated rings. The first kappa shape index (κ1) is 8.66. The van der Waals surface area contributed by atoms with Gasteiger partial charge in [-0.2, -0.15) is 0 Å². The Kier molecular flexibility index (Phi) is 1.69. The predicted molar refractivity (Wildman–Crippen MR) is 61.1 cm³/mol. The molecule has 0 spiro atoms. The second-order valence-corrected chi connectivity index (χ2v) is 4.23. The van der Waals surface area contributed by atoms with Crippen LogP contribution in [0.1, 0.15) is 24.0 Å². The summed E-state index contributed by atoms with van der Waals surface area (Å²) < 4.78 is 0. The standard InChI is InChI=1S/C14H12O/c1-9(15)13-8-11-6-2-4-10-5-3-7-12(13)14(10)11/h2-7,13H,8H2,1H3. The summed E-state index contributed by atoms with van der Waals surface area (Å²) in [5.74, 6) is 0.366. The minimum absolute atomic E-state index is 0.0890. The molecule has 1 nitrogen and oxygen atoms in total. The number of Topliss-reactive ketones (excluding diaryl/α,β-unsaturated/α-hetero) is 1. The molecule has 15 heavy (non-hydrogen) atoms. The van der Waals surface area contributed by atoms with Gasteiger partial charge in [-0.15, -0.1) is 0 Å². The van der Waals surface area contributed by atoms with Crippen LogP contribution in [0.5, 0.6) is 0 Å². The number of carbonyl (C=O) groups excluding carboxylic acids is 1. The van der Waals surface area contributed by atoms with Gasteiger partial charge in [-0.25, -0.2) is 0 Å². The zero-order valence-corrected chi connectivity index (χ0v) is 8.66. The molecule has 0 N–H and O–H groups in total. The lowest BCUT2D eigenvalue weighted by atomic mass is 9.97. The van der Waals surface area contributed by atoms with E-state index in [2.05, 4.69) is 30.3 Å². The molecule has 0 radical (unpaired) electrons. The molecule has 1 heteroatoms. The Balaban J connectivity index is 2.36. The topological polar surface area (TPSA) is 17.1 Å². The number of benzene rings is 2. The third-order valence-corrected chi connectivity index (χ3v) is 3.31. The first-order chi connectivity index (χ1) is 7.27. The molecular formula is C14H12O. The maximum Gasteiger partial charge on any atom is 0.137 e. The summed E-state index contributed by atoms with van der Waals surface area (Å²) in [6, 6.07) is 12.6. The van der Waals surface area contributed by atoms with E-state index in [9.17, 15) is 4.79 Å². The normalized spacial score (nSPS) is 18.3. The molecule has 0 aromatic heterocycles. The average molecular weight is 196 g/mol. The SMILES string of the molecule is CC(=O)C1Cc2cccc3cccc1c23. The van der Waals surface area contributed by atoms with Crippen LogP contribution in [-0.4, -0.2) is 5.78 Å². The Labute approximate surface area is 88.7 Å². The summed E-state index contributed by atoms with van der Waals surface area (Å²) in [6.45, 7) is 1.69. The highest BCUT2D eigenvalue weighted by atomic mass is 16.1. The molecule has 2 aromatic rings. The van der Waals surface area contributed by atoms with Crippen LogP contribution in [-0.2, 0) is 11.2 Å². The van der Waals surface area contributed by atoms with Crippen LogP contribution in [0.25, 0.3) is 10.8 Å². The van der Waals surface area contributed by atoms with E-state index in [1.54, 1.807) is 6.92 Å². The van der Waals surface area contributed by atoms with Gasteiger partial charge in [0.15, 0.2) is 0 Å². The van der Waals surface area contributed by atoms with E-state index in [1.807, 2.05) is 6.07 Å². The van der Waals surface area contributed by atoms with Crippen molar-refractivity contribution in [2.75, 3.05) is 0 Å². The van der Waals surface area contributed by atoms with Crippen molar-refractivity contribution in [3.8, 4) is 0 Å². The molecule has 0 heterocycles. The maximum absolute atomic E-state index is 11.6. The molecule has 1 aliphatic carbocycles. The third-order valence-electron chi connectivity index (χ3n) is 3.31. The Morgan fingerprint density at radius 3 is 2.67 bits per heavy atom. The Morgan fingerprint density at radius 2 is 1.93 bits per heavy atom. The van der Waals surface area contributed by atoms with Crippen molar-refractivity contribution >= 4 is 16.6 Å². The van der Waals surface area contributed by atoms with E-state index >= 15 is 0 Å². The van der Waals surface area contributed by atoms with E-state index < -0.39 is 0 Å². The second kappa shape index (κ2) is 2.93. The number of rotatable bonds is 1. The van der Waals surface area contributed by atoms with Gasteiger partial charge in [0.1, 0.15) is 5.78 Å². The highest BCUT2D eigenvalue weighted by Gasteiger charge is 2.26. The predicted octanol–water partition coefficient (Wildman–Crippen LogP) is 3.07. The van der Waals surface area contributed by atoms with Crippen LogP contribution in [0.4, 0.5) is 0 Å². The van der Waals surface area contributed by atoms with E-state index in [-0.39, 0.29) is 11.7 Å². The van der Waals surface area contributed by atoms with E-state index in [0.29, 0.717) is 0 Å². The second-order valence-electron chi connectivity index (χ2n) is 4.23. The van der Waals surface area contributed by atoms with Gasteiger partial charge in [-0.05, 0) is 35.2 Å². The zero-order chi connectivity index (χ0) is 10.4. The van der Waals surface area contributed by atoms with E-state index in [4.69, 9.17) is 0 Å². The molecule has 74 valence electrons. The van der Waals surface area contributed by atoms with Crippen LogP contribution in [0.2, 0.25) is 0 Å². The van der Waals surface area contributed by atoms with Crippen molar-refractivity contribution in [1.29, 1.82) is 0 Å². The highest BCUT2D eigenvalue weighted by molar-refractivity contribution is 5.98.